The van der Waals surface area contributed by atoms with E-state index in [0.29, 0.717) is 16.3 Å². The smallest absolute Gasteiger partial charge is 0.363 e. The molecule has 3 rings (SSSR count). The summed E-state index contributed by atoms with van der Waals surface area (Å²) in [5.41, 5.74) is 2.80. The maximum atomic E-state index is 12.2. The van der Waals surface area contributed by atoms with Crippen molar-refractivity contribution in [2.24, 2.45) is 4.99 Å². The van der Waals surface area contributed by atoms with Crippen LogP contribution in [-0.4, -0.2) is 32.1 Å². The van der Waals surface area contributed by atoms with Gasteiger partial charge in [-0.2, -0.15) is 0 Å². The summed E-state index contributed by atoms with van der Waals surface area (Å²) in [4.78, 5) is 18.8. The van der Waals surface area contributed by atoms with Gasteiger partial charge in [-0.15, -0.1) is 0 Å². The van der Waals surface area contributed by atoms with Crippen LogP contribution in [0, 0.1) is 0 Å². The minimum Gasteiger partial charge on any atom is -0.496 e. The molecule has 0 bridgehead atoms. The summed E-state index contributed by atoms with van der Waals surface area (Å²) >= 11 is 6.05. The summed E-state index contributed by atoms with van der Waals surface area (Å²) in [6, 6.07) is 13.1. The number of ether oxygens (including phenoxy) is 2. The lowest BCUT2D eigenvalue weighted by Gasteiger charge is -2.20. The number of carbonyl (C=O) groups excluding carboxylic acids is 1. The zero-order valence-corrected chi connectivity index (χ0v) is 16.3. The number of aliphatic imine (C=N–C) groups is 1. The molecule has 27 heavy (non-hydrogen) atoms. The molecule has 0 radical (unpaired) electrons. The van der Waals surface area contributed by atoms with Crippen molar-refractivity contribution in [1.82, 2.24) is 0 Å². The molecule has 0 saturated heterocycles. The highest BCUT2D eigenvalue weighted by atomic mass is 35.5. The highest BCUT2D eigenvalue weighted by Gasteiger charge is 2.26. The van der Waals surface area contributed by atoms with E-state index in [1.165, 1.54) is 7.11 Å². The number of cyclic esters (lactones) is 1. The first-order valence-electron chi connectivity index (χ1n) is 8.77. The standard InChI is InChI=1S/C21H21ClN2O3/c1-4-24(5-2)16-9-6-14(7-10-16)12-18-21(25)27-20(23-18)17-13-15(22)8-11-19(17)26-3/h6-13H,4-5H2,1-3H3/b18-12-. The second-order valence-corrected chi connectivity index (χ2v) is 6.38. The number of methoxy groups -OCH3 is 1. The molecule has 5 nitrogen and oxygen atoms in total. The van der Waals surface area contributed by atoms with E-state index in [4.69, 9.17) is 21.1 Å². The van der Waals surface area contributed by atoms with E-state index < -0.39 is 5.97 Å². The number of anilines is 1. The van der Waals surface area contributed by atoms with Crippen LogP contribution in [0.2, 0.25) is 5.02 Å². The van der Waals surface area contributed by atoms with Gasteiger partial charge in [-0.3, -0.25) is 0 Å². The molecule has 0 aliphatic carbocycles. The van der Waals surface area contributed by atoms with Crippen LogP contribution in [0.15, 0.2) is 53.2 Å². The molecule has 1 heterocycles. The Morgan fingerprint density at radius 3 is 2.48 bits per heavy atom. The number of esters is 1. The molecular weight excluding hydrogens is 364 g/mol. The molecule has 1 aliphatic rings. The summed E-state index contributed by atoms with van der Waals surface area (Å²) in [7, 11) is 1.54. The van der Waals surface area contributed by atoms with Crippen LogP contribution in [0.3, 0.4) is 0 Å². The van der Waals surface area contributed by atoms with Gasteiger partial charge in [-0.05, 0) is 55.8 Å². The molecule has 0 unspecified atom stereocenters. The second-order valence-electron chi connectivity index (χ2n) is 5.94. The van der Waals surface area contributed by atoms with E-state index in [9.17, 15) is 4.79 Å². The van der Waals surface area contributed by atoms with Crippen molar-refractivity contribution >= 4 is 35.2 Å². The zero-order valence-electron chi connectivity index (χ0n) is 15.5. The molecule has 0 amide bonds. The van der Waals surface area contributed by atoms with Gasteiger partial charge in [-0.1, -0.05) is 23.7 Å². The summed E-state index contributed by atoms with van der Waals surface area (Å²) in [6.45, 7) is 6.12. The summed E-state index contributed by atoms with van der Waals surface area (Å²) < 4.78 is 10.6. The Kier molecular flexibility index (Phi) is 5.81. The van der Waals surface area contributed by atoms with Crippen molar-refractivity contribution in [1.29, 1.82) is 0 Å². The molecular formula is C21H21ClN2O3. The molecule has 0 aromatic heterocycles. The fraction of sp³-hybridized carbons (Fsp3) is 0.238. The number of halogens is 1. The number of hydrogen-bond acceptors (Lipinski definition) is 5. The van der Waals surface area contributed by atoms with Crippen molar-refractivity contribution in [3.05, 3.63) is 64.3 Å². The maximum absolute atomic E-state index is 12.2. The second kappa shape index (κ2) is 8.27. The zero-order chi connectivity index (χ0) is 19.4. The van der Waals surface area contributed by atoms with Crippen LogP contribution < -0.4 is 9.64 Å². The van der Waals surface area contributed by atoms with Gasteiger partial charge in [0.25, 0.3) is 0 Å². The number of benzene rings is 2. The Morgan fingerprint density at radius 1 is 1.15 bits per heavy atom. The molecule has 0 atom stereocenters. The Labute approximate surface area is 163 Å². The monoisotopic (exact) mass is 384 g/mol. The van der Waals surface area contributed by atoms with Crippen molar-refractivity contribution in [2.45, 2.75) is 13.8 Å². The van der Waals surface area contributed by atoms with Crippen molar-refractivity contribution in [2.75, 3.05) is 25.1 Å². The Bertz CT molecular complexity index is 900. The highest BCUT2D eigenvalue weighted by molar-refractivity contribution is 6.31. The molecule has 0 N–H and O–H groups in total. The predicted octanol–water partition coefficient (Wildman–Crippen LogP) is 4.54. The van der Waals surface area contributed by atoms with Gasteiger partial charge in [0, 0.05) is 23.8 Å². The van der Waals surface area contributed by atoms with Gasteiger partial charge in [0.05, 0.1) is 12.7 Å². The van der Waals surface area contributed by atoms with Gasteiger partial charge < -0.3 is 14.4 Å². The Hall–Kier alpha value is -2.79. The first-order valence-corrected chi connectivity index (χ1v) is 9.15. The number of carbonyl (C=O) groups is 1. The normalized spacial score (nSPS) is 14.9. The van der Waals surface area contributed by atoms with E-state index in [2.05, 4.69) is 23.7 Å². The summed E-state index contributed by atoms with van der Waals surface area (Å²) in [5, 5.41) is 0.508. The largest absolute Gasteiger partial charge is 0.496 e. The fourth-order valence-corrected chi connectivity index (χ4v) is 3.07. The van der Waals surface area contributed by atoms with E-state index in [-0.39, 0.29) is 11.6 Å². The van der Waals surface area contributed by atoms with Crippen LogP contribution >= 0.6 is 11.6 Å². The SMILES string of the molecule is CCN(CC)c1ccc(/C=C2\N=C(c3cc(Cl)ccc3OC)OC2=O)cc1. The third kappa shape index (κ3) is 4.14. The molecule has 0 saturated carbocycles. The van der Waals surface area contributed by atoms with Crippen LogP contribution in [-0.2, 0) is 9.53 Å². The molecule has 0 fully saturated rings. The van der Waals surface area contributed by atoms with Gasteiger partial charge >= 0.3 is 5.97 Å². The first-order chi connectivity index (χ1) is 13.0. The van der Waals surface area contributed by atoms with Crippen LogP contribution in [0.5, 0.6) is 5.75 Å². The summed E-state index contributed by atoms with van der Waals surface area (Å²) in [6.07, 6.45) is 1.71. The molecule has 0 spiro atoms. The first kappa shape index (κ1) is 19.0. The van der Waals surface area contributed by atoms with E-state index in [1.54, 1.807) is 24.3 Å². The highest BCUT2D eigenvalue weighted by Crippen LogP contribution is 2.28. The van der Waals surface area contributed by atoms with Gasteiger partial charge in [0.15, 0.2) is 5.70 Å². The van der Waals surface area contributed by atoms with Crippen molar-refractivity contribution in [3.63, 3.8) is 0 Å². The quantitative estimate of drug-likeness (QED) is 0.542. The lowest BCUT2D eigenvalue weighted by Crippen LogP contribution is -2.21. The van der Waals surface area contributed by atoms with E-state index in [1.807, 2.05) is 24.3 Å². The predicted molar refractivity (Wildman–Crippen MR) is 109 cm³/mol. The molecule has 1 aliphatic heterocycles. The molecule has 2 aromatic carbocycles. The Balaban J connectivity index is 1.89. The third-order valence-electron chi connectivity index (χ3n) is 4.34. The lowest BCUT2D eigenvalue weighted by atomic mass is 10.1. The van der Waals surface area contributed by atoms with Crippen molar-refractivity contribution in [3.8, 4) is 5.75 Å². The topological polar surface area (TPSA) is 51.1 Å². The van der Waals surface area contributed by atoms with Crippen LogP contribution in [0.25, 0.3) is 6.08 Å². The van der Waals surface area contributed by atoms with E-state index in [0.717, 1.165) is 24.3 Å². The van der Waals surface area contributed by atoms with Crippen LogP contribution in [0.1, 0.15) is 25.0 Å². The van der Waals surface area contributed by atoms with Gasteiger partial charge in [0.1, 0.15) is 5.75 Å². The molecule has 6 heteroatoms. The number of rotatable bonds is 6. The van der Waals surface area contributed by atoms with Crippen molar-refractivity contribution < 1.29 is 14.3 Å². The third-order valence-corrected chi connectivity index (χ3v) is 4.57. The Morgan fingerprint density at radius 2 is 1.85 bits per heavy atom. The summed E-state index contributed by atoms with van der Waals surface area (Å²) in [5.74, 6) is 0.223. The average Bonchev–Trinajstić information content (AvgIpc) is 3.04. The molecule has 2 aromatic rings. The fourth-order valence-electron chi connectivity index (χ4n) is 2.90. The van der Waals surface area contributed by atoms with E-state index >= 15 is 0 Å². The van der Waals surface area contributed by atoms with Crippen LogP contribution in [0.4, 0.5) is 5.69 Å². The number of hydrogen-bond donors (Lipinski definition) is 0. The minimum absolute atomic E-state index is 0.186. The molecule has 140 valence electrons. The average molecular weight is 385 g/mol. The van der Waals surface area contributed by atoms with Gasteiger partial charge in [-0.25, -0.2) is 9.79 Å². The maximum Gasteiger partial charge on any atom is 0.363 e. The minimum atomic E-state index is -0.500. The van der Waals surface area contributed by atoms with Gasteiger partial charge in [0.2, 0.25) is 5.90 Å². The number of nitrogens with zero attached hydrogens (tertiary/aromatic N) is 2. The lowest BCUT2D eigenvalue weighted by molar-refractivity contribution is -0.129.